The predicted molar refractivity (Wildman–Crippen MR) is 121 cm³/mol. The molecule has 3 heterocycles. The van der Waals surface area contributed by atoms with E-state index < -0.39 is 0 Å². The smallest absolute Gasteiger partial charge is 0.265 e. The van der Waals surface area contributed by atoms with Crippen molar-refractivity contribution in [1.29, 1.82) is 0 Å². The summed E-state index contributed by atoms with van der Waals surface area (Å²) in [6, 6.07) is 18.6. The zero-order valence-electron chi connectivity index (χ0n) is 16.1. The third-order valence-electron chi connectivity index (χ3n) is 4.98. The van der Waals surface area contributed by atoms with Gasteiger partial charge in [0.25, 0.3) is 0 Å². The predicted octanol–water partition coefficient (Wildman–Crippen LogP) is 4.98. The molecule has 0 fully saturated rings. The zero-order chi connectivity index (χ0) is 21.4. The largest absolute Gasteiger partial charge is 0.367 e. The molecule has 2 aromatic carbocycles. The van der Waals surface area contributed by atoms with Crippen LogP contribution in [0.5, 0.6) is 0 Å². The lowest BCUT2D eigenvalue weighted by molar-refractivity contribution is 0.650. The van der Waals surface area contributed by atoms with E-state index >= 15 is 0 Å². The van der Waals surface area contributed by atoms with Gasteiger partial charge in [0.2, 0.25) is 0 Å². The molecule has 0 atom stereocenters. The van der Waals surface area contributed by atoms with E-state index in [4.69, 9.17) is 23.2 Å². The second-order valence-electron chi connectivity index (χ2n) is 6.98. The molecule has 0 unspecified atom stereocenters. The van der Waals surface area contributed by atoms with Crippen molar-refractivity contribution in [2.75, 3.05) is 0 Å². The first-order chi connectivity index (χ1) is 15.1. The molecule has 0 saturated heterocycles. The van der Waals surface area contributed by atoms with Gasteiger partial charge < -0.3 is 0 Å². The molecule has 31 heavy (non-hydrogen) atoms. The molecule has 0 aliphatic heterocycles. The number of hydrogen-bond acceptors (Lipinski definition) is 4. The molecular formula is C23H15Cl2N5O. The van der Waals surface area contributed by atoms with Gasteiger partial charge in [0.05, 0.1) is 12.7 Å². The summed E-state index contributed by atoms with van der Waals surface area (Å²) in [6.07, 6.45) is 5.05. The Morgan fingerprint density at radius 1 is 0.806 bits per heavy atom. The third kappa shape index (κ3) is 3.71. The molecule has 0 saturated carbocycles. The van der Waals surface area contributed by atoms with Crippen molar-refractivity contribution in [3.8, 4) is 22.3 Å². The number of nitrogens with zero attached hydrogens (tertiary/aromatic N) is 5. The zero-order valence-corrected chi connectivity index (χ0v) is 17.6. The monoisotopic (exact) mass is 447 g/mol. The number of benzene rings is 2. The van der Waals surface area contributed by atoms with E-state index in [2.05, 4.69) is 15.2 Å². The Hall–Kier alpha value is -3.48. The van der Waals surface area contributed by atoms with Crippen LogP contribution in [0.1, 0.15) is 5.56 Å². The molecule has 8 heteroatoms. The summed E-state index contributed by atoms with van der Waals surface area (Å²) in [4.78, 5) is 17.0. The Kier molecular flexibility index (Phi) is 5.02. The highest BCUT2D eigenvalue weighted by molar-refractivity contribution is 6.31. The Morgan fingerprint density at radius 3 is 2.06 bits per heavy atom. The lowest BCUT2D eigenvalue weighted by Crippen LogP contribution is -2.22. The van der Waals surface area contributed by atoms with Gasteiger partial charge in [0.15, 0.2) is 5.65 Å². The Bertz CT molecular complexity index is 1430. The van der Waals surface area contributed by atoms with Gasteiger partial charge in [-0.1, -0.05) is 47.5 Å². The van der Waals surface area contributed by atoms with Gasteiger partial charge in [-0.25, -0.2) is 9.48 Å². The highest BCUT2D eigenvalue weighted by Crippen LogP contribution is 2.34. The van der Waals surface area contributed by atoms with Crippen LogP contribution in [-0.4, -0.2) is 24.4 Å². The standard InChI is InChI=1S/C23H15Cl2N5O/c24-18-5-1-16(2-6-18)20-13-27-30-22(21(20)17-3-7-19(25)8-4-17)28-29(23(30)31)14-15-9-11-26-12-10-15/h1-13H,14H2. The lowest BCUT2D eigenvalue weighted by Gasteiger charge is -2.11. The van der Waals surface area contributed by atoms with Crippen LogP contribution >= 0.6 is 23.2 Å². The van der Waals surface area contributed by atoms with E-state index in [1.807, 2.05) is 60.7 Å². The SMILES string of the molecule is O=c1n(Cc2ccncc2)nc2c(-c3ccc(Cl)cc3)c(-c3ccc(Cl)cc3)cnn12. The van der Waals surface area contributed by atoms with E-state index in [1.54, 1.807) is 18.6 Å². The van der Waals surface area contributed by atoms with Crippen molar-refractivity contribution in [2.24, 2.45) is 0 Å². The lowest BCUT2D eigenvalue weighted by atomic mass is 9.97. The molecule has 5 aromatic rings. The minimum Gasteiger partial charge on any atom is -0.265 e. The number of rotatable bonds is 4. The minimum atomic E-state index is -0.315. The summed E-state index contributed by atoms with van der Waals surface area (Å²) in [5.74, 6) is 0. The maximum atomic E-state index is 13.0. The number of hydrogen-bond donors (Lipinski definition) is 0. The van der Waals surface area contributed by atoms with Gasteiger partial charge in [-0.05, 0) is 53.1 Å². The Morgan fingerprint density at radius 2 is 1.42 bits per heavy atom. The molecule has 0 radical (unpaired) electrons. The molecule has 3 aromatic heterocycles. The highest BCUT2D eigenvalue weighted by atomic mass is 35.5. The van der Waals surface area contributed by atoms with Crippen molar-refractivity contribution in [3.63, 3.8) is 0 Å². The first-order valence-corrected chi connectivity index (χ1v) is 10.3. The quantitative estimate of drug-likeness (QED) is 0.389. The minimum absolute atomic E-state index is 0.315. The average molecular weight is 448 g/mol. The van der Waals surface area contributed by atoms with Crippen LogP contribution < -0.4 is 5.69 Å². The summed E-state index contributed by atoms with van der Waals surface area (Å²) in [7, 11) is 0. The van der Waals surface area contributed by atoms with Crippen LogP contribution in [-0.2, 0) is 6.54 Å². The van der Waals surface area contributed by atoms with Gasteiger partial charge in [0, 0.05) is 33.6 Å². The molecule has 152 valence electrons. The van der Waals surface area contributed by atoms with Crippen LogP contribution in [0.4, 0.5) is 0 Å². The number of fused-ring (bicyclic) bond motifs is 1. The molecular weight excluding hydrogens is 433 g/mol. The molecule has 0 N–H and O–H groups in total. The van der Waals surface area contributed by atoms with Crippen molar-refractivity contribution in [1.82, 2.24) is 24.4 Å². The van der Waals surface area contributed by atoms with Crippen molar-refractivity contribution >= 4 is 28.8 Å². The first-order valence-electron chi connectivity index (χ1n) is 9.50. The number of pyridine rings is 1. The summed E-state index contributed by atoms with van der Waals surface area (Å²) >= 11 is 12.2. The summed E-state index contributed by atoms with van der Waals surface area (Å²) in [6.45, 7) is 0.320. The van der Waals surface area contributed by atoms with Gasteiger partial charge in [-0.2, -0.15) is 9.61 Å². The maximum absolute atomic E-state index is 13.0. The normalized spacial score (nSPS) is 11.2. The fourth-order valence-corrected chi connectivity index (χ4v) is 3.73. The molecule has 5 rings (SSSR count). The van der Waals surface area contributed by atoms with Crippen molar-refractivity contribution < 1.29 is 0 Å². The number of halogens is 2. The summed E-state index contributed by atoms with van der Waals surface area (Å²) < 4.78 is 2.73. The fraction of sp³-hybridized carbons (Fsp3) is 0.0435. The molecule has 6 nitrogen and oxygen atoms in total. The van der Waals surface area contributed by atoms with E-state index in [1.165, 1.54) is 9.20 Å². The second-order valence-corrected chi connectivity index (χ2v) is 7.85. The van der Waals surface area contributed by atoms with Crippen LogP contribution in [0.15, 0.2) is 84.0 Å². The Balaban J connectivity index is 1.75. The molecule has 0 bridgehead atoms. The highest BCUT2D eigenvalue weighted by Gasteiger charge is 2.19. The van der Waals surface area contributed by atoms with Crippen LogP contribution in [0.2, 0.25) is 10.0 Å². The molecule has 0 aliphatic carbocycles. The Labute approximate surface area is 187 Å². The second kappa shape index (κ2) is 7.98. The van der Waals surface area contributed by atoms with Crippen LogP contribution in [0, 0.1) is 0 Å². The van der Waals surface area contributed by atoms with Crippen LogP contribution in [0.25, 0.3) is 27.9 Å². The van der Waals surface area contributed by atoms with Crippen molar-refractivity contribution in [2.45, 2.75) is 6.54 Å². The van der Waals surface area contributed by atoms with Gasteiger partial charge in [-0.15, -0.1) is 5.10 Å². The average Bonchev–Trinajstić information content (AvgIpc) is 3.10. The van der Waals surface area contributed by atoms with E-state index in [0.717, 1.165) is 27.8 Å². The molecule has 0 amide bonds. The maximum Gasteiger partial charge on any atom is 0.367 e. The summed E-state index contributed by atoms with van der Waals surface area (Å²) in [5.41, 5.74) is 4.50. The van der Waals surface area contributed by atoms with Gasteiger partial charge in [-0.3, -0.25) is 4.98 Å². The summed E-state index contributed by atoms with van der Waals surface area (Å²) in [5, 5.41) is 10.3. The topological polar surface area (TPSA) is 65.1 Å². The van der Waals surface area contributed by atoms with Crippen molar-refractivity contribution in [3.05, 3.63) is 105 Å². The molecule has 0 spiro atoms. The fourth-order valence-electron chi connectivity index (χ4n) is 3.47. The van der Waals surface area contributed by atoms with Crippen LogP contribution in [0.3, 0.4) is 0 Å². The van der Waals surface area contributed by atoms with E-state index in [9.17, 15) is 4.79 Å². The number of aromatic nitrogens is 5. The van der Waals surface area contributed by atoms with Gasteiger partial charge >= 0.3 is 5.69 Å². The van der Waals surface area contributed by atoms with Gasteiger partial charge in [0.1, 0.15) is 0 Å². The van der Waals surface area contributed by atoms with E-state index in [0.29, 0.717) is 22.2 Å². The third-order valence-corrected chi connectivity index (χ3v) is 5.49. The van der Waals surface area contributed by atoms with E-state index in [-0.39, 0.29) is 5.69 Å². The first kappa shape index (κ1) is 19.5. The molecule has 0 aliphatic rings.